The summed E-state index contributed by atoms with van der Waals surface area (Å²) in [4.78, 5) is 0. The predicted octanol–water partition coefficient (Wildman–Crippen LogP) is 3.80. The van der Waals surface area contributed by atoms with E-state index in [4.69, 9.17) is 4.74 Å². The predicted molar refractivity (Wildman–Crippen MR) is 78.3 cm³/mol. The molecule has 0 aliphatic rings. The summed E-state index contributed by atoms with van der Waals surface area (Å²) in [5, 5.41) is 3.18. The summed E-state index contributed by atoms with van der Waals surface area (Å²) in [7, 11) is 2.01. The molecule has 2 nitrogen and oxygen atoms in total. The summed E-state index contributed by atoms with van der Waals surface area (Å²) in [6.07, 6.45) is 6.66. The molecular weight excluding hydrogens is 222 g/mol. The van der Waals surface area contributed by atoms with Gasteiger partial charge in [0, 0.05) is 0 Å². The molecule has 18 heavy (non-hydrogen) atoms. The van der Waals surface area contributed by atoms with Crippen molar-refractivity contribution in [2.24, 2.45) is 0 Å². The molecule has 0 amide bonds. The first-order valence-corrected chi connectivity index (χ1v) is 7.12. The lowest BCUT2D eigenvalue weighted by atomic mass is 10.1. The van der Waals surface area contributed by atoms with Crippen LogP contribution < -0.4 is 10.1 Å². The number of unbranched alkanes of at least 4 members (excludes halogenated alkanes) is 3. The van der Waals surface area contributed by atoms with Gasteiger partial charge in [-0.3, -0.25) is 0 Å². The van der Waals surface area contributed by atoms with Gasteiger partial charge in [0.05, 0.1) is 6.10 Å². The van der Waals surface area contributed by atoms with Crippen LogP contribution in [0.15, 0.2) is 24.3 Å². The zero-order valence-electron chi connectivity index (χ0n) is 12.0. The van der Waals surface area contributed by atoms with Gasteiger partial charge < -0.3 is 10.1 Å². The van der Waals surface area contributed by atoms with E-state index >= 15 is 0 Å². The van der Waals surface area contributed by atoms with Crippen molar-refractivity contribution in [3.8, 4) is 5.75 Å². The minimum atomic E-state index is 0.253. The Bertz CT molecular complexity index is 305. The van der Waals surface area contributed by atoms with Crippen molar-refractivity contribution in [1.29, 1.82) is 0 Å². The topological polar surface area (TPSA) is 21.3 Å². The molecule has 0 radical (unpaired) electrons. The summed E-state index contributed by atoms with van der Waals surface area (Å²) < 4.78 is 5.63. The molecule has 2 heteroatoms. The van der Waals surface area contributed by atoms with E-state index in [-0.39, 0.29) is 6.10 Å². The summed E-state index contributed by atoms with van der Waals surface area (Å²) in [6.45, 7) is 5.25. The standard InChI is InChI=1S/C16H27NO/c1-14(2)18-16-11-9-15(10-12-16)8-6-4-5-7-13-17-3/h9-12,14,17H,4-8,13H2,1-3H3. The van der Waals surface area contributed by atoms with Crippen molar-refractivity contribution < 1.29 is 4.74 Å². The third kappa shape index (κ3) is 6.65. The monoisotopic (exact) mass is 249 g/mol. The molecule has 0 fully saturated rings. The molecule has 0 aromatic heterocycles. The molecule has 0 bridgehead atoms. The average Bonchev–Trinajstić information content (AvgIpc) is 2.35. The third-order valence-electron chi connectivity index (χ3n) is 2.94. The van der Waals surface area contributed by atoms with Crippen molar-refractivity contribution in [2.45, 2.75) is 52.1 Å². The van der Waals surface area contributed by atoms with Crippen LogP contribution in [0.1, 0.15) is 45.1 Å². The van der Waals surface area contributed by atoms with Crippen LogP contribution in [0.4, 0.5) is 0 Å². The van der Waals surface area contributed by atoms with E-state index in [1.807, 2.05) is 7.05 Å². The first-order valence-electron chi connectivity index (χ1n) is 7.12. The van der Waals surface area contributed by atoms with Gasteiger partial charge in [-0.05, 0) is 64.4 Å². The van der Waals surface area contributed by atoms with Crippen molar-refractivity contribution >= 4 is 0 Å². The van der Waals surface area contributed by atoms with Crippen LogP contribution in [0, 0.1) is 0 Å². The number of nitrogens with one attached hydrogen (secondary N) is 1. The molecule has 0 aliphatic carbocycles. The van der Waals surface area contributed by atoms with E-state index in [1.165, 1.54) is 37.7 Å². The number of benzene rings is 1. The summed E-state index contributed by atoms with van der Waals surface area (Å²) in [6, 6.07) is 8.53. The minimum Gasteiger partial charge on any atom is -0.491 e. The lowest BCUT2D eigenvalue weighted by Gasteiger charge is -2.10. The van der Waals surface area contributed by atoms with Crippen LogP contribution in [-0.2, 0) is 6.42 Å². The maximum atomic E-state index is 5.63. The highest BCUT2D eigenvalue weighted by Gasteiger charge is 1.98. The Balaban J connectivity index is 2.18. The fraction of sp³-hybridized carbons (Fsp3) is 0.625. The third-order valence-corrected chi connectivity index (χ3v) is 2.94. The van der Waals surface area contributed by atoms with Crippen molar-refractivity contribution in [3.05, 3.63) is 29.8 Å². The Hall–Kier alpha value is -1.02. The second kappa shape index (κ2) is 8.98. The van der Waals surface area contributed by atoms with Crippen LogP contribution >= 0.6 is 0 Å². The molecule has 0 atom stereocenters. The normalized spacial score (nSPS) is 10.9. The zero-order chi connectivity index (χ0) is 13.2. The largest absolute Gasteiger partial charge is 0.491 e. The molecule has 0 spiro atoms. The van der Waals surface area contributed by atoms with E-state index in [0.29, 0.717) is 0 Å². The molecular formula is C16H27NO. The highest BCUT2D eigenvalue weighted by Crippen LogP contribution is 2.15. The molecule has 1 N–H and O–H groups in total. The molecule has 102 valence electrons. The second-order valence-electron chi connectivity index (χ2n) is 5.08. The molecule has 0 saturated heterocycles. The molecule has 0 saturated carbocycles. The van der Waals surface area contributed by atoms with E-state index in [9.17, 15) is 0 Å². The molecule has 1 rings (SSSR count). The van der Waals surface area contributed by atoms with Gasteiger partial charge in [-0.2, -0.15) is 0 Å². The number of hydrogen-bond donors (Lipinski definition) is 1. The zero-order valence-corrected chi connectivity index (χ0v) is 12.0. The van der Waals surface area contributed by atoms with Crippen LogP contribution in [0.3, 0.4) is 0 Å². The van der Waals surface area contributed by atoms with Gasteiger partial charge in [0.2, 0.25) is 0 Å². The maximum absolute atomic E-state index is 5.63. The number of rotatable bonds is 9. The van der Waals surface area contributed by atoms with Gasteiger partial charge in [0.25, 0.3) is 0 Å². The van der Waals surface area contributed by atoms with Crippen molar-refractivity contribution in [3.63, 3.8) is 0 Å². The first kappa shape index (κ1) is 15.0. The minimum absolute atomic E-state index is 0.253. The van der Waals surface area contributed by atoms with Gasteiger partial charge in [0.1, 0.15) is 5.75 Å². The fourth-order valence-corrected chi connectivity index (χ4v) is 1.99. The number of ether oxygens (including phenoxy) is 1. The number of aryl methyl sites for hydroxylation is 1. The Labute approximate surface area is 112 Å². The van der Waals surface area contributed by atoms with Gasteiger partial charge >= 0.3 is 0 Å². The highest BCUT2D eigenvalue weighted by atomic mass is 16.5. The second-order valence-corrected chi connectivity index (χ2v) is 5.08. The van der Waals surface area contributed by atoms with Gasteiger partial charge in [-0.15, -0.1) is 0 Å². The lowest BCUT2D eigenvalue weighted by Crippen LogP contribution is -2.06. The van der Waals surface area contributed by atoms with Crippen LogP contribution in [0.2, 0.25) is 0 Å². The molecule has 0 aliphatic heterocycles. The Morgan fingerprint density at radius 2 is 1.67 bits per heavy atom. The van der Waals surface area contributed by atoms with Crippen LogP contribution in [-0.4, -0.2) is 19.7 Å². The summed E-state index contributed by atoms with van der Waals surface area (Å²) in [5.41, 5.74) is 1.42. The Morgan fingerprint density at radius 3 is 2.28 bits per heavy atom. The van der Waals surface area contributed by atoms with E-state index in [2.05, 4.69) is 43.4 Å². The van der Waals surface area contributed by atoms with Crippen molar-refractivity contribution in [1.82, 2.24) is 5.32 Å². The molecule has 1 aromatic rings. The molecule has 1 aromatic carbocycles. The summed E-state index contributed by atoms with van der Waals surface area (Å²) in [5.74, 6) is 0.975. The van der Waals surface area contributed by atoms with Gasteiger partial charge in [0.15, 0.2) is 0 Å². The first-order chi connectivity index (χ1) is 8.72. The Kier molecular flexibility index (Phi) is 7.51. The van der Waals surface area contributed by atoms with E-state index in [0.717, 1.165) is 12.3 Å². The quantitative estimate of drug-likeness (QED) is 0.672. The van der Waals surface area contributed by atoms with Crippen molar-refractivity contribution in [2.75, 3.05) is 13.6 Å². The maximum Gasteiger partial charge on any atom is 0.119 e. The smallest absolute Gasteiger partial charge is 0.119 e. The SMILES string of the molecule is CNCCCCCCc1ccc(OC(C)C)cc1. The lowest BCUT2D eigenvalue weighted by molar-refractivity contribution is 0.242. The van der Waals surface area contributed by atoms with E-state index < -0.39 is 0 Å². The highest BCUT2D eigenvalue weighted by molar-refractivity contribution is 5.27. The van der Waals surface area contributed by atoms with Crippen LogP contribution in [0.5, 0.6) is 5.75 Å². The van der Waals surface area contributed by atoms with E-state index in [1.54, 1.807) is 0 Å². The van der Waals surface area contributed by atoms with Crippen LogP contribution in [0.25, 0.3) is 0 Å². The summed E-state index contributed by atoms with van der Waals surface area (Å²) >= 11 is 0. The Morgan fingerprint density at radius 1 is 1.00 bits per heavy atom. The van der Waals surface area contributed by atoms with Gasteiger partial charge in [-0.1, -0.05) is 25.0 Å². The molecule has 0 heterocycles. The number of hydrogen-bond acceptors (Lipinski definition) is 2. The fourth-order valence-electron chi connectivity index (χ4n) is 1.99. The molecule has 0 unspecified atom stereocenters. The average molecular weight is 249 g/mol. The van der Waals surface area contributed by atoms with Gasteiger partial charge in [-0.25, -0.2) is 0 Å².